The predicted molar refractivity (Wildman–Crippen MR) is 113 cm³/mol. The maximum Gasteiger partial charge on any atom is 0.191 e. The molecule has 1 unspecified atom stereocenters. The fraction of sp³-hybridized carbons (Fsp3) is 0.500. The highest BCUT2D eigenvalue weighted by molar-refractivity contribution is 5.79. The number of aliphatic imine (C=N–C) groups is 1. The quantitative estimate of drug-likeness (QED) is 0.511. The lowest BCUT2D eigenvalue weighted by Gasteiger charge is -2.26. The van der Waals surface area contributed by atoms with Crippen LogP contribution < -0.4 is 15.4 Å². The third-order valence-corrected chi connectivity index (χ3v) is 4.89. The molecule has 0 amide bonds. The Hall–Kier alpha value is -2.47. The summed E-state index contributed by atoms with van der Waals surface area (Å²) in [4.78, 5) is 7.24. The van der Waals surface area contributed by atoms with Crippen LogP contribution in [-0.4, -0.2) is 43.6 Å². The fourth-order valence-corrected chi connectivity index (χ4v) is 3.55. The monoisotopic (exact) mass is 384 g/mol. The molecule has 0 bridgehead atoms. The number of ether oxygens (including phenoxy) is 1. The van der Waals surface area contributed by atoms with Crippen molar-refractivity contribution in [2.24, 2.45) is 4.99 Å². The number of likely N-dealkylation sites (tertiary alicyclic amines) is 1. The van der Waals surface area contributed by atoms with Crippen molar-refractivity contribution in [3.05, 3.63) is 54.0 Å². The van der Waals surface area contributed by atoms with Crippen molar-refractivity contribution >= 4 is 5.96 Å². The van der Waals surface area contributed by atoms with E-state index in [1.54, 1.807) is 6.26 Å². The van der Waals surface area contributed by atoms with Crippen LogP contribution >= 0.6 is 0 Å². The smallest absolute Gasteiger partial charge is 0.191 e. The summed E-state index contributed by atoms with van der Waals surface area (Å²) in [6, 6.07) is 12.4. The Morgan fingerprint density at radius 2 is 2.04 bits per heavy atom. The first-order chi connectivity index (χ1) is 13.8. The maximum atomic E-state index is 5.71. The first kappa shape index (κ1) is 20.3. The molecule has 6 nitrogen and oxygen atoms in total. The number of rotatable bonds is 9. The molecule has 2 N–H and O–H groups in total. The summed E-state index contributed by atoms with van der Waals surface area (Å²) in [7, 11) is 0. The molecule has 1 atom stereocenters. The number of nitrogens with zero attached hydrogens (tertiary/aromatic N) is 2. The van der Waals surface area contributed by atoms with Gasteiger partial charge < -0.3 is 19.8 Å². The van der Waals surface area contributed by atoms with Crippen molar-refractivity contribution in [3.63, 3.8) is 0 Å². The SMILES string of the molecule is CCNC(=NCc1cccc(OCC)c1)NCC(c1ccco1)N1CCCC1. The zero-order valence-corrected chi connectivity index (χ0v) is 17.0. The zero-order valence-electron chi connectivity index (χ0n) is 17.0. The van der Waals surface area contributed by atoms with E-state index in [2.05, 4.69) is 34.6 Å². The van der Waals surface area contributed by atoms with Crippen LogP contribution in [0.3, 0.4) is 0 Å². The number of nitrogens with one attached hydrogen (secondary N) is 2. The zero-order chi connectivity index (χ0) is 19.6. The summed E-state index contributed by atoms with van der Waals surface area (Å²) < 4.78 is 11.3. The van der Waals surface area contributed by atoms with Crippen LogP contribution in [0.2, 0.25) is 0 Å². The van der Waals surface area contributed by atoms with Gasteiger partial charge in [0.25, 0.3) is 0 Å². The third kappa shape index (κ3) is 5.76. The van der Waals surface area contributed by atoms with Crippen LogP contribution in [0.15, 0.2) is 52.1 Å². The van der Waals surface area contributed by atoms with Gasteiger partial charge in [0.2, 0.25) is 0 Å². The maximum absolute atomic E-state index is 5.71. The van der Waals surface area contributed by atoms with Crippen molar-refractivity contribution in [2.45, 2.75) is 39.3 Å². The summed E-state index contributed by atoms with van der Waals surface area (Å²) in [5, 5.41) is 6.84. The van der Waals surface area contributed by atoms with Crippen molar-refractivity contribution in [1.29, 1.82) is 0 Å². The molecule has 1 aliphatic heterocycles. The lowest BCUT2D eigenvalue weighted by atomic mass is 10.2. The Morgan fingerprint density at radius 1 is 1.18 bits per heavy atom. The van der Waals surface area contributed by atoms with Gasteiger partial charge in [0.1, 0.15) is 11.5 Å². The first-order valence-corrected chi connectivity index (χ1v) is 10.3. The minimum Gasteiger partial charge on any atom is -0.494 e. The van der Waals surface area contributed by atoms with Gasteiger partial charge in [-0.15, -0.1) is 0 Å². The molecule has 1 aliphatic rings. The van der Waals surface area contributed by atoms with E-state index in [0.29, 0.717) is 13.2 Å². The van der Waals surface area contributed by atoms with Crippen LogP contribution in [0.5, 0.6) is 5.75 Å². The van der Waals surface area contributed by atoms with E-state index in [1.165, 1.54) is 12.8 Å². The summed E-state index contributed by atoms with van der Waals surface area (Å²) in [5.74, 6) is 2.72. The van der Waals surface area contributed by atoms with Gasteiger partial charge in [-0.2, -0.15) is 0 Å². The summed E-state index contributed by atoms with van der Waals surface area (Å²) in [6.45, 7) is 9.16. The summed E-state index contributed by atoms with van der Waals surface area (Å²) in [6.07, 6.45) is 4.26. The molecule has 6 heteroatoms. The van der Waals surface area contributed by atoms with E-state index in [-0.39, 0.29) is 6.04 Å². The van der Waals surface area contributed by atoms with Crippen LogP contribution in [0.4, 0.5) is 0 Å². The number of hydrogen-bond acceptors (Lipinski definition) is 4. The lowest BCUT2D eigenvalue weighted by molar-refractivity contribution is 0.215. The van der Waals surface area contributed by atoms with Crippen molar-refractivity contribution < 1.29 is 9.15 Å². The van der Waals surface area contributed by atoms with Gasteiger partial charge in [-0.25, -0.2) is 4.99 Å². The van der Waals surface area contributed by atoms with Gasteiger partial charge in [0.05, 0.1) is 25.5 Å². The molecule has 0 radical (unpaired) electrons. The van der Waals surface area contributed by atoms with Crippen LogP contribution in [0.25, 0.3) is 0 Å². The van der Waals surface area contributed by atoms with Crippen LogP contribution in [0, 0.1) is 0 Å². The Kier molecular flexibility index (Phi) is 7.79. The van der Waals surface area contributed by atoms with Crippen LogP contribution in [0.1, 0.15) is 44.1 Å². The average Bonchev–Trinajstić information content (AvgIpc) is 3.41. The summed E-state index contributed by atoms with van der Waals surface area (Å²) in [5.41, 5.74) is 1.13. The van der Waals surface area contributed by atoms with Gasteiger partial charge in [-0.1, -0.05) is 12.1 Å². The molecule has 2 aromatic rings. The minimum atomic E-state index is 0.225. The molecule has 0 aliphatic carbocycles. The molecule has 2 heterocycles. The molecule has 0 spiro atoms. The van der Waals surface area contributed by atoms with Gasteiger partial charge in [-0.3, -0.25) is 4.90 Å². The highest BCUT2D eigenvalue weighted by Gasteiger charge is 2.25. The molecule has 1 aromatic carbocycles. The second-order valence-electron chi connectivity index (χ2n) is 6.93. The summed E-state index contributed by atoms with van der Waals surface area (Å²) >= 11 is 0. The Morgan fingerprint density at radius 3 is 2.75 bits per heavy atom. The van der Waals surface area contributed by atoms with E-state index in [0.717, 1.165) is 49.2 Å². The molecule has 0 saturated carbocycles. The van der Waals surface area contributed by atoms with E-state index in [4.69, 9.17) is 14.1 Å². The van der Waals surface area contributed by atoms with Crippen molar-refractivity contribution in [1.82, 2.24) is 15.5 Å². The first-order valence-electron chi connectivity index (χ1n) is 10.3. The number of hydrogen-bond donors (Lipinski definition) is 2. The Balaban J connectivity index is 1.64. The largest absolute Gasteiger partial charge is 0.494 e. The van der Waals surface area contributed by atoms with Crippen LogP contribution in [-0.2, 0) is 6.54 Å². The standard InChI is InChI=1S/C22H32N4O2/c1-3-23-22(24-16-18-9-7-10-19(15-18)27-4-2)25-17-20(21-11-8-14-28-21)26-12-5-6-13-26/h7-11,14-15,20H,3-6,12-13,16-17H2,1-2H3,(H2,23,24,25). The number of benzene rings is 1. The fourth-order valence-electron chi connectivity index (χ4n) is 3.55. The van der Waals surface area contributed by atoms with E-state index >= 15 is 0 Å². The Bertz CT molecular complexity index is 724. The van der Waals surface area contributed by atoms with Crippen molar-refractivity contribution in [3.8, 4) is 5.75 Å². The van der Waals surface area contributed by atoms with E-state index in [1.807, 2.05) is 31.2 Å². The van der Waals surface area contributed by atoms with Gasteiger partial charge in [0, 0.05) is 13.1 Å². The normalized spacial score (nSPS) is 16.1. The van der Waals surface area contributed by atoms with E-state index in [9.17, 15) is 0 Å². The molecule has 3 rings (SSSR count). The second-order valence-corrected chi connectivity index (χ2v) is 6.93. The Labute approximate surface area is 168 Å². The number of guanidine groups is 1. The molecular weight excluding hydrogens is 352 g/mol. The third-order valence-electron chi connectivity index (χ3n) is 4.89. The molecule has 28 heavy (non-hydrogen) atoms. The minimum absolute atomic E-state index is 0.225. The van der Waals surface area contributed by atoms with Crippen molar-refractivity contribution in [2.75, 3.05) is 32.8 Å². The lowest BCUT2D eigenvalue weighted by Crippen LogP contribution is -2.42. The average molecular weight is 385 g/mol. The number of furan rings is 1. The molecular formula is C22H32N4O2. The molecule has 152 valence electrons. The predicted octanol–water partition coefficient (Wildman–Crippen LogP) is 3.57. The van der Waals surface area contributed by atoms with E-state index < -0.39 is 0 Å². The second kappa shape index (κ2) is 10.8. The van der Waals surface area contributed by atoms with Gasteiger partial charge in [0.15, 0.2) is 5.96 Å². The van der Waals surface area contributed by atoms with Gasteiger partial charge in [-0.05, 0) is 69.6 Å². The molecule has 1 fully saturated rings. The highest BCUT2D eigenvalue weighted by atomic mass is 16.5. The molecule has 1 aromatic heterocycles. The van der Waals surface area contributed by atoms with Gasteiger partial charge >= 0.3 is 0 Å². The highest BCUT2D eigenvalue weighted by Crippen LogP contribution is 2.24. The topological polar surface area (TPSA) is 62.0 Å². The molecule has 1 saturated heterocycles.